The highest BCUT2D eigenvalue weighted by Crippen LogP contribution is 2.32. The van der Waals surface area contributed by atoms with E-state index in [2.05, 4.69) is 0 Å². The summed E-state index contributed by atoms with van der Waals surface area (Å²) in [5.74, 6) is -0.0886. The molecule has 0 saturated heterocycles. The Morgan fingerprint density at radius 1 is 1.47 bits per heavy atom. The molecule has 1 N–H and O–H groups in total. The van der Waals surface area contributed by atoms with E-state index in [1.165, 1.54) is 12.1 Å². The van der Waals surface area contributed by atoms with Gasteiger partial charge < -0.3 is 9.84 Å². The van der Waals surface area contributed by atoms with E-state index < -0.39 is 11.9 Å². The lowest BCUT2D eigenvalue weighted by Gasteiger charge is -2.14. The second-order valence-corrected chi connectivity index (χ2v) is 3.67. The van der Waals surface area contributed by atoms with Crippen LogP contribution in [0.15, 0.2) is 30.0 Å². The van der Waals surface area contributed by atoms with Crippen LogP contribution in [-0.4, -0.2) is 11.7 Å². The molecule has 0 fully saturated rings. The molecule has 1 atom stereocenters. The number of rotatable bonds is 2. The largest absolute Gasteiger partial charge is 0.495 e. The van der Waals surface area contributed by atoms with Crippen molar-refractivity contribution in [3.05, 3.63) is 46.4 Å². The van der Waals surface area contributed by atoms with Gasteiger partial charge in [0.05, 0.1) is 11.6 Å². The van der Waals surface area contributed by atoms with E-state index in [9.17, 15) is 9.50 Å². The molecule has 80 valence electrons. The fourth-order valence-electron chi connectivity index (χ4n) is 1.51. The second-order valence-electron chi connectivity index (χ2n) is 3.29. The highest BCUT2D eigenvalue weighted by Gasteiger charge is 2.21. The summed E-state index contributed by atoms with van der Waals surface area (Å²) in [6, 6.07) is 4.34. The normalized spacial score (nSPS) is 17.1. The summed E-state index contributed by atoms with van der Waals surface area (Å²) in [6.45, 7) is 0.555. The zero-order valence-electron chi connectivity index (χ0n) is 7.91. The smallest absolute Gasteiger partial charge is 0.142 e. The molecular formula is C11H10ClFO2. The molecule has 0 bridgehead atoms. The lowest BCUT2D eigenvalue weighted by molar-refractivity contribution is 0.119. The number of aliphatic hydroxyl groups excluding tert-OH is 1. The molecule has 0 amide bonds. The Balaban J connectivity index is 2.32. The summed E-state index contributed by atoms with van der Waals surface area (Å²) >= 11 is 5.75. The van der Waals surface area contributed by atoms with Crippen molar-refractivity contribution in [2.24, 2.45) is 0 Å². The van der Waals surface area contributed by atoms with Crippen LogP contribution in [0.5, 0.6) is 0 Å². The Hall–Kier alpha value is -1.06. The molecule has 1 unspecified atom stereocenters. The van der Waals surface area contributed by atoms with Crippen LogP contribution in [-0.2, 0) is 4.74 Å². The molecule has 0 aliphatic carbocycles. The Morgan fingerprint density at radius 3 is 2.93 bits per heavy atom. The minimum atomic E-state index is -0.976. The van der Waals surface area contributed by atoms with Gasteiger partial charge in [-0.05, 0) is 12.1 Å². The van der Waals surface area contributed by atoms with Crippen LogP contribution < -0.4 is 0 Å². The number of hydrogen-bond acceptors (Lipinski definition) is 2. The molecule has 1 aliphatic rings. The van der Waals surface area contributed by atoms with Gasteiger partial charge in [0.25, 0.3) is 0 Å². The lowest BCUT2D eigenvalue weighted by atomic mass is 10.1. The van der Waals surface area contributed by atoms with Gasteiger partial charge in [0.15, 0.2) is 0 Å². The number of hydrogen-bond donors (Lipinski definition) is 1. The van der Waals surface area contributed by atoms with Gasteiger partial charge in [-0.3, -0.25) is 0 Å². The molecule has 4 heteroatoms. The van der Waals surface area contributed by atoms with Crippen LogP contribution >= 0.6 is 11.6 Å². The minimum Gasteiger partial charge on any atom is -0.495 e. The maximum absolute atomic E-state index is 13.1. The van der Waals surface area contributed by atoms with Crippen molar-refractivity contribution in [1.82, 2.24) is 0 Å². The first-order valence-electron chi connectivity index (χ1n) is 4.65. The highest BCUT2D eigenvalue weighted by molar-refractivity contribution is 6.31. The van der Waals surface area contributed by atoms with E-state index in [0.717, 1.165) is 6.42 Å². The van der Waals surface area contributed by atoms with Crippen molar-refractivity contribution in [2.45, 2.75) is 12.5 Å². The Morgan fingerprint density at radius 2 is 2.27 bits per heavy atom. The average molecular weight is 229 g/mol. The standard InChI is InChI=1S/C11H10ClFO2/c12-10-7(3-1-4-8(10)13)11(14)9-5-2-6-15-9/h1,3-5,11,14H,2,6H2. The van der Waals surface area contributed by atoms with Crippen LogP contribution in [0.1, 0.15) is 18.1 Å². The zero-order chi connectivity index (χ0) is 10.8. The summed E-state index contributed by atoms with van der Waals surface area (Å²) in [5, 5.41) is 9.83. The molecule has 1 aromatic carbocycles. The molecule has 1 aromatic rings. The Bertz CT molecular complexity index is 404. The van der Waals surface area contributed by atoms with Crippen molar-refractivity contribution in [3.8, 4) is 0 Å². The fraction of sp³-hybridized carbons (Fsp3) is 0.273. The monoisotopic (exact) mass is 228 g/mol. The van der Waals surface area contributed by atoms with Gasteiger partial charge in [-0.25, -0.2) is 4.39 Å². The van der Waals surface area contributed by atoms with E-state index >= 15 is 0 Å². The van der Waals surface area contributed by atoms with E-state index in [-0.39, 0.29) is 5.02 Å². The first-order valence-corrected chi connectivity index (χ1v) is 5.03. The van der Waals surface area contributed by atoms with Gasteiger partial charge in [-0.1, -0.05) is 23.7 Å². The molecule has 2 rings (SSSR count). The first kappa shape index (κ1) is 10.5. The lowest BCUT2D eigenvalue weighted by Crippen LogP contribution is -2.03. The van der Waals surface area contributed by atoms with Gasteiger partial charge in [-0.2, -0.15) is 0 Å². The SMILES string of the molecule is OC(C1=CCCO1)c1cccc(F)c1Cl. The van der Waals surface area contributed by atoms with Crippen LogP contribution in [0.4, 0.5) is 4.39 Å². The molecule has 1 heterocycles. The topological polar surface area (TPSA) is 29.5 Å². The average Bonchev–Trinajstić information content (AvgIpc) is 2.74. The summed E-state index contributed by atoms with van der Waals surface area (Å²) < 4.78 is 18.3. The highest BCUT2D eigenvalue weighted by atomic mass is 35.5. The van der Waals surface area contributed by atoms with Crippen molar-refractivity contribution in [2.75, 3.05) is 6.61 Å². The second kappa shape index (κ2) is 4.21. The molecular weight excluding hydrogens is 219 g/mol. The third kappa shape index (κ3) is 1.98. The molecule has 15 heavy (non-hydrogen) atoms. The molecule has 0 saturated carbocycles. The molecule has 2 nitrogen and oxygen atoms in total. The van der Waals surface area contributed by atoms with Gasteiger partial charge in [-0.15, -0.1) is 0 Å². The van der Waals surface area contributed by atoms with Crippen molar-refractivity contribution in [3.63, 3.8) is 0 Å². The quantitative estimate of drug-likeness (QED) is 0.844. The van der Waals surface area contributed by atoms with E-state index in [1.54, 1.807) is 12.1 Å². The molecule has 0 aromatic heterocycles. The number of halogens is 2. The maximum Gasteiger partial charge on any atom is 0.142 e. The predicted molar refractivity (Wildman–Crippen MR) is 55.0 cm³/mol. The third-order valence-corrected chi connectivity index (χ3v) is 2.68. The number of aliphatic hydroxyl groups is 1. The molecule has 1 aliphatic heterocycles. The van der Waals surface area contributed by atoms with E-state index in [4.69, 9.17) is 16.3 Å². The van der Waals surface area contributed by atoms with Crippen molar-refractivity contribution >= 4 is 11.6 Å². The van der Waals surface area contributed by atoms with Gasteiger partial charge in [0, 0.05) is 12.0 Å². The Kier molecular flexibility index (Phi) is 2.93. The summed E-state index contributed by atoms with van der Waals surface area (Å²) in [7, 11) is 0. The zero-order valence-corrected chi connectivity index (χ0v) is 8.67. The summed E-state index contributed by atoms with van der Waals surface area (Å²) in [4.78, 5) is 0. The van der Waals surface area contributed by atoms with Crippen LogP contribution in [0.25, 0.3) is 0 Å². The molecule has 0 spiro atoms. The number of ether oxygens (including phenoxy) is 1. The summed E-state index contributed by atoms with van der Waals surface area (Å²) in [6.07, 6.45) is 1.57. The third-order valence-electron chi connectivity index (χ3n) is 2.28. The van der Waals surface area contributed by atoms with Crippen molar-refractivity contribution in [1.29, 1.82) is 0 Å². The molecule has 0 radical (unpaired) electrons. The predicted octanol–water partition coefficient (Wildman–Crippen LogP) is 2.82. The number of benzene rings is 1. The van der Waals surface area contributed by atoms with E-state index in [1.807, 2.05) is 0 Å². The van der Waals surface area contributed by atoms with Crippen LogP contribution in [0, 0.1) is 5.82 Å². The van der Waals surface area contributed by atoms with E-state index in [0.29, 0.717) is 17.9 Å². The van der Waals surface area contributed by atoms with Crippen molar-refractivity contribution < 1.29 is 14.2 Å². The Labute approximate surface area is 91.9 Å². The van der Waals surface area contributed by atoms with Gasteiger partial charge >= 0.3 is 0 Å². The summed E-state index contributed by atoms with van der Waals surface area (Å²) in [5.41, 5.74) is 0.338. The van der Waals surface area contributed by atoms with Gasteiger partial charge in [0.2, 0.25) is 0 Å². The van der Waals surface area contributed by atoms with Gasteiger partial charge in [0.1, 0.15) is 17.7 Å². The fourth-order valence-corrected chi connectivity index (χ4v) is 1.74. The minimum absolute atomic E-state index is 0.0543. The first-order chi connectivity index (χ1) is 7.20. The van der Waals surface area contributed by atoms with Crippen LogP contribution in [0.2, 0.25) is 5.02 Å². The maximum atomic E-state index is 13.1. The van der Waals surface area contributed by atoms with Crippen LogP contribution in [0.3, 0.4) is 0 Å².